The van der Waals surface area contributed by atoms with E-state index < -0.39 is 0 Å². The molecule has 0 saturated carbocycles. The van der Waals surface area contributed by atoms with E-state index in [1.54, 1.807) is 17.7 Å². The molecule has 0 bridgehead atoms. The Labute approximate surface area is 190 Å². The molecule has 2 aliphatic rings. The number of anilines is 1. The van der Waals surface area contributed by atoms with Gasteiger partial charge in [-0.15, -0.1) is 11.3 Å². The number of likely N-dealkylation sites (N-methyl/N-ethyl adjacent to an activating group) is 1. The molecule has 2 aromatic heterocycles. The quantitative estimate of drug-likeness (QED) is 0.608. The summed E-state index contributed by atoms with van der Waals surface area (Å²) in [6.45, 7) is 5.62. The van der Waals surface area contributed by atoms with Crippen LogP contribution in [0.25, 0.3) is 10.2 Å². The lowest BCUT2D eigenvalue weighted by molar-refractivity contribution is -0.136. The van der Waals surface area contributed by atoms with Crippen LogP contribution in [0.3, 0.4) is 0 Å². The molecular weight excluding hydrogens is 438 g/mol. The van der Waals surface area contributed by atoms with E-state index in [4.69, 9.17) is 24.5 Å². The molecule has 32 heavy (non-hydrogen) atoms. The molecular formula is C20H29N5O6S. The minimum Gasteiger partial charge on any atom is -0.483 e. The molecule has 2 saturated heterocycles. The van der Waals surface area contributed by atoms with E-state index in [1.165, 1.54) is 0 Å². The van der Waals surface area contributed by atoms with Gasteiger partial charge in [0.25, 0.3) is 12.9 Å². The third-order valence-corrected chi connectivity index (χ3v) is 6.07. The van der Waals surface area contributed by atoms with Crippen molar-refractivity contribution >= 4 is 46.2 Å². The van der Waals surface area contributed by atoms with E-state index in [9.17, 15) is 4.79 Å². The van der Waals surface area contributed by atoms with Gasteiger partial charge in [0.15, 0.2) is 0 Å². The fourth-order valence-electron chi connectivity index (χ4n) is 3.68. The zero-order valence-electron chi connectivity index (χ0n) is 18.0. The summed E-state index contributed by atoms with van der Waals surface area (Å²) < 4.78 is 6.86. The average Bonchev–Trinajstić information content (AvgIpc) is 2.99. The summed E-state index contributed by atoms with van der Waals surface area (Å²) in [7, 11) is 2.12. The van der Waals surface area contributed by atoms with Gasteiger partial charge in [-0.3, -0.25) is 14.4 Å². The highest BCUT2D eigenvalue weighted by Crippen LogP contribution is 2.29. The maximum atomic E-state index is 13.1. The molecule has 2 N–H and O–H groups in total. The normalized spacial score (nSPS) is 19.5. The van der Waals surface area contributed by atoms with Crippen molar-refractivity contribution < 1.29 is 29.3 Å². The van der Waals surface area contributed by atoms with Crippen molar-refractivity contribution in [2.24, 2.45) is 5.92 Å². The average molecular weight is 468 g/mol. The van der Waals surface area contributed by atoms with Crippen LogP contribution in [0.5, 0.6) is 0 Å². The van der Waals surface area contributed by atoms with Crippen LogP contribution in [-0.4, -0.2) is 108 Å². The Kier molecular flexibility index (Phi) is 10.8. The number of hydrogen-bond donors (Lipinski definition) is 2. The molecule has 176 valence electrons. The number of carbonyl (C=O) groups excluding carboxylic acids is 1. The highest BCUT2D eigenvalue weighted by molar-refractivity contribution is 7.17. The van der Waals surface area contributed by atoms with Crippen molar-refractivity contribution in [3.8, 4) is 0 Å². The summed E-state index contributed by atoms with van der Waals surface area (Å²) in [5.74, 6) is 0.985. The van der Waals surface area contributed by atoms with Crippen LogP contribution in [0.2, 0.25) is 0 Å². The summed E-state index contributed by atoms with van der Waals surface area (Å²) in [5.41, 5.74) is 0.962. The van der Waals surface area contributed by atoms with E-state index in [1.807, 2.05) is 16.3 Å². The van der Waals surface area contributed by atoms with Gasteiger partial charge in [-0.1, -0.05) is 0 Å². The minimum atomic E-state index is -0.250. The molecule has 1 atom stereocenters. The SMILES string of the molecule is CN1CCCN(C(=O)C2COCCN(c3ncnc4ccsc34)C2)CC1.O=CO.O=CO. The van der Waals surface area contributed by atoms with E-state index >= 15 is 0 Å². The van der Waals surface area contributed by atoms with E-state index in [0.717, 1.165) is 55.2 Å². The molecule has 4 heterocycles. The number of fused-ring (bicyclic) bond motifs is 1. The first kappa shape index (κ1) is 25.4. The number of carboxylic acid groups (broad SMARTS) is 2. The lowest BCUT2D eigenvalue weighted by atomic mass is 10.1. The summed E-state index contributed by atoms with van der Waals surface area (Å²) in [5, 5.41) is 15.8. The largest absolute Gasteiger partial charge is 0.483 e. The molecule has 0 aromatic carbocycles. The first-order valence-corrected chi connectivity index (χ1v) is 11.1. The second kappa shape index (κ2) is 13.6. The molecule has 11 nitrogen and oxygen atoms in total. The summed E-state index contributed by atoms with van der Waals surface area (Å²) in [6.07, 6.45) is 2.64. The molecule has 0 spiro atoms. The maximum absolute atomic E-state index is 13.1. The monoisotopic (exact) mass is 467 g/mol. The highest BCUT2D eigenvalue weighted by atomic mass is 32.1. The molecule has 4 rings (SSSR count). The Morgan fingerprint density at radius 3 is 2.66 bits per heavy atom. The lowest BCUT2D eigenvalue weighted by Gasteiger charge is -2.28. The smallest absolute Gasteiger partial charge is 0.290 e. The van der Waals surface area contributed by atoms with Crippen LogP contribution in [0.1, 0.15) is 6.42 Å². The Morgan fingerprint density at radius 2 is 1.91 bits per heavy atom. The predicted octanol–water partition coefficient (Wildman–Crippen LogP) is 0.710. The molecule has 0 aliphatic carbocycles. The number of thiophene rings is 1. The second-order valence-electron chi connectivity index (χ2n) is 7.24. The molecule has 12 heteroatoms. The Bertz CT molecular complexity index is 860. The van der Waals surface area contributed by atoms with Crippen molar-refractivity contribution in [3.63, 3.8) is 0 Å². The van der Waals surface area contributed by atoms with Gasteiger partial charge in [0.2, 0.25) is 5.91 Å². The minimum absolute atomic E-state index is 0.147. The van der Waals surface area contributed by atoms with Crippen LogP contribution < -0.4 is 4.90 Å². The van der Waals surface area contributed by atoms with Crippen molar-refractivity contribution in [1.82, 2.24) is 19.8 Å². The Morgan fingerprint density at radius 1 is 1.16 bits per heavy atom. The summed E-state index contributed by atoms with van der Waals surface area (Å²) >= 11 is 1.65. The van der Waals surface area contributed by atoms with Crippen molar-refractivity contribution in [2.75, 3.05) is 64.4 Å². The van der Waals surface area contributed by atoms with Crippen LogP contribution in [0.15, 0.2) is 17.8 Å². The predicted molar refractivity (Wildman–Crippen MR) is 120 cm³/mol. The molecule has 1 amide bonds. The van der Waals surface area contributed by atoms with Crippen molar-refractivity contribution in [2.45, 2.75) is 6.42 Å². The van der Waals surface area contributed by atoms with Crippen LogP contribution in [-0.2, 0) is 19.1 Å². The van der Waals surface area contributed by atoms with Gasteiger partial charge in [-0.25, -0.2) is 9.97 Å². The topological polar surface area (TPSA) is 136 Å². The van der Waals surface area contributed by atoms with Gasteiger partial charge in [0.1, 0.15) is 12.1 Å². The first-order chi connectivity index (χ1) is 15.5. The maximum Gasteiger partial charge on any atom is 0.290 e. The van der Waals surface area contributed by atoms with E-state index in [2.05, 4.69) is 26.8 Å². The van der Waals surface area contributed by atoms with Gasteiger partial charge in [0, 0.05) is 32.7 Å². The van der Waals surface area contributed by atoms with Crippen molar-refractivity contribution in [3.05, 3.63) is 17.8 Å². The molecule has 0 radical (unpaired) electrons. The van der Waals surface area contributed by atoms with Gasteiger partial charge in [0.05, 0.1) is 29.3 Å². The van der Waals surface area contributed by atoms with Gasteiger partial charge in [-0.05, 0) is 31.5 Å². The second-order valence-corrected chi connectivity index (χ2v) is 8.16. The fourth-order valence-corrected chi connectivity index (χ4v) is 4.54. The zero-order valence-corrected chi connectivity index (χ0v) is 18.8. The Hall–Kier alpha value is -2.83. The summed E-state index contributed by atoms with van der Waals surface area (Å²) in [6, 6.07) is 2.01. The number of hydrogen-bond acceptors (Lipinski definition) is 9. The van der Waals surface area contributed by atoms with E-state index in [-0.39, 0.29) is 24.8 Å². The number of ether oxygens (including phenoxy) is 1. The van der Waals surface area contributed by atoms with Crippen molar-refractivity contribution in [1.29, 1.82) is 0 Å². The van der Waals surface area contributed by atoms with Crippen LogP contribution >= 0.6 is 11.3 Å². The molecule has 2 aliphatic heterocycles. The number of amides is 1. The Balaban J connectivity index is 0.000000547. The van der Waals surface area contributed by atoms with Gasteiger partial charge >= 0.3 is 0 Å². The zero-order chi connectivity index (χ0) is 23.3. The highest BCUT2D eigenvalue weighted by Gasteiger charge is 2.30. The van der Waals surface area contributed by atoms with Gasteiger partial charge in [-0.2, -0.15) is 0 Å². The van der Waals surface area contributed by atoms with Crippen LogP contribution in [0.4, 0.5) is 5.82 Å². The number of aromatic nitrogens is 2. The van der Waals surface area contributed by atoms with Gasteiger partial charge < -0.3 is 29.6 Å². The lowest BCUT2D eigenvalue weighted by Crippen LogP contribution is -2.43. The third-order valence-electron chi connectivity index (χ3n) is 5.17. The first-order valence-electron chi connectivity index (χ1n) is 10.2. The number of carbonyl (C=O) groups is 3. The number of nitrogens with zero attached hydrogens (tertiary/aromatic N) is 5. The fraction of sp³-hybridized carbons (Fsp3) is 0.550. The standard InChI is InChI=1S/C18H25N5O2S.2CH2O2/c1-21-4-2-5-22(7-6-21)18(24)14-11-23(8-9-25-12-14)17-16-15(3-10-26-16)19-13-20-17;2*2-1-3/h3,10,13-14H,2,4-9,11-12H2,1H3;2*1H,(H,2,3). The van der Waals surface area contributed by atoms with Crippen LogP contribution in [0, 0.1) is 5.92 Å². The number of rotatable bonds is 2. The molecule has 2 aromatic rings. The third kappa shape index (κ3) is 7.11. The molecule has 2 fully saturated rings. The molecule has 1 unspecified atom stereocenters. The van der Waals surface area contributed by atoms with E-state index in [0.29, 0.717) is 19.8 Å². The summed E-state index contributed by atoms with van der Waals surface area (Å²) in [4.78, 5) is 45.2.